The number of rotatable bonds is 1. The number of carbonyl (C=O) groups excluding carboxylic acids is 2. The molecular formula is C11H11ClN2O2. The molecule has 84 valence electrons. The summed E-state index contributed by atoms with van der Waals surface area (Å²) in [6, 6.07) is 3.32. The van der Waals surface area contributed by atoms with Gasteiger partial charge in [-0.25, -0.2) is 4.98 Å². The summed E-state index contributed by atoms with van der Waals surface area (Å²) >= 11 is 5.84. The Morgan fingerprint density at radius 2 is 2.06 bits per heavy atom. The molecule has 0 atom stereocenters. The number of hydrogen-bond acceptors (Lipinski definition) is 3. The number of nitrogens with zero attached hydrogens (tertiary/aromatic N) is 2. The molecule has 4 nitrogen and oxygen atoms in total. The summed E-state index contributed by atoms with van der Waals surface area (Å²) in [5, 5.41) is 0.212. The minimum absolute atomic E-state index is 0.148. The van der Waals surface area contributed by atoms with Crippen LogP contribution in [0.2, 0.25) is 5.15 Å². The van der Waals surface area contributed by atoms with Crippen LogP contribution in [0.4, 0.5) is 0 Å². The number of amides is 1. The van der Waals surface area contributed by atoms with Crippen molar-refractivity contribution in [2.75, 3.05) is 13.1 Å². The largest absolute Gasteiger partial charge is 0.338 e. The quantitative estimate of drug-likeness (QED) is 0.698. The van der Waals surface area contributed by atoms with Gasteiger partial charge in [-0.15, -0.1) is 0 Å². The highest BCUT2D eigenvalue weighted by Gasteiger charge is 2.23. The number of ketones is 1. The lowest BCUT2D eigenvalue weighted by Gasteiger charge is -2.26. The van der Waals surface area contributed by atoms with Gasteiger partial charge < -0.3 is 4.90 Å². The van der Waals surface area contributed by atoms with E-state index in [0.717, 1.165) is 0 Å². The van der Waals surface area contributed by atoms with E-state index in [4.69, 9.17) is 11.6 Å². The van der Waals surface area contributed by atoms with Gasteiger partial charge in [0, 0.05) is 32.1 Å². The summed E-state index contributed by atoms with van der Waals surface area (Å²) in [7, 11) is 0. The van der Waals surface area contributed by atoms with Crippen molar-refractivity contribution in [2.24, 2.45) is 0 Å². The third-order valence-corrected chi connectivity index (χ3v) is 2.90. The van der Waals surface area contributed by atoms with Crippen LogP contribution in [0.3, 0.4) is 0 Å². The first-order valence-corrected chi connectivity index (χ1v) is 5.48. The normalized spacial score (nSPS) is 16.3. The average molecular weight is 239 g/mol. The molecule has 2 rings (SSSR count). The first-order valence-electron chi connectivity index (χ1n) is 5.10. The summed E-state index contributed by atoms with van der Waals surface area (Å²) in [6.45, 7) is 0.950. The van der Waals surface area contributed by atoms with Crippen molar-refractivity contribution in [2.45, 2.75) is 12.8 Å². The van der Waals surface area contributed by atoms with Crippen molar-refractivity contribution in [3.63, 3.8) is 0 Å². The summed E-state index contributed by atoms with van der Waals surface area (Å²) in [5.74, 6) is 0.0620. The third-order valence-electron chi connectivity index (χ3n) is 2.60. The SMILES string of the molecule is O=C1CCN(C(=O)c2cccnc2Cl)CC1. The highest BCUT2D eigenvalue weighted by atomic mass is 35.5. The van der Waals surface area contributed by atoms with Crippen LogP contribution in [0.25, 0.3) is 0 Å². The highest BCUT2D eigenvalue weighted by molar-refractivity contribution is 6.32. The number of likely N-dealkylation sites (tertiary alicyclic amines) is 1. The second-order valence-corrected chi connectivity index (χ2v) is 4.03. The lowest BCUT2D eigenvalue weighted by Crippen LogP contribution is -2.38. The Bertz CT molecular complexity index is 424. The van der Waals surface area contributed by atoms with E-state index in [1.807, 2.05) is 0 Å². The average Bonchev–Trinajstić information content (AvgIpc) is 2.30. The molecule has 2 heterocycles. The van der Waals surface area contributed by atoms with Gasteiger partial charge in [-0.3, -0.25) is 9.59 Å². The topological polar surface area (TPSA) is 50.3 Å². The lowest BCUT2D eigenvalue weighted by molar-refractivity contribution is -0.120. The molecule has 0 saturated carbocycles. The van der Waals surface area contributed by atoms with E-state index in [0.29, 0.717) is 31.5 Å². The van der Waals surface area contributed by atoms with Crippen LogP contribution in [0.1, 0.15) is 23.2 Å². The van der Waals surface area contributed by atoms with Crippen LogP contribution < -0.4 is 0 Å². The summed E-state index contributed by atoms with van der Waals surface area (Å²) in [4.78, 5) is 28.6. The molecule has 0 spiro atoms. The van der Waals surface area contributed by atoms with Crippen molar-refractivity contribution in [3.8, 4) is 0 Å². The fourth-order valence-corrected chi connectivity index (χ4v) is 1.88. The molecule has 0 N–H and O–H groups in total. The molecule has 0 aromatic carbocycles. The van der Waals surface area contributed by atoms with E-state index in [2.05, 4.69) is 4.98 Å². The molecule has 1 amide bonds. The Labute approximate surface area is 98.2 Å². The highest BCUT2D eigenvalue weighted by Crippen LogP contribution is 2.16. The Kier molecular flexibility index (Phi) is 3.19. The summed E-state index contributed by atoms with van der Waals surface area (Å²) < 4.78 is 0. The third kappa shape index (κ3) is 2.22. The van der Waals surface area contributed by atoms with Crippen LogP contribution in [0.15, 0.2) is 18.3 Å². The van der Waals surface area contributed by atoms with Gasteiger partial charge in [-0.2, -0.15) is 0 Å². The van der Waals surface area contributed by atoms with Crippen molar-refractivity contribution in [1.82, 2.24) is 9.88 Å². The first-order chi connectivity index (χ1) is 7.68. The van der Waals surface area contributed by atoms with Gasteiger partial charge in [0.1, 0.15) is 10.9 Å². The second kappa shape index (κ2) is 4.61. The van der Waals surface area contributed by atoms with E-state index < -0.39 is 0 Å². The predicted molar refractivity (Wildman–Crippen MR) is 59.4 cm³/mol. The fraction of sp³-hybridized carbons (Fsp3) is 0.364. The minimum atomic E-state index is -0.148. The zero-order valence-electron chi connectivity index (χ0n) is 8.65. The van der Waals surface area contributed by atoms with Gasteiger partial charge in [0.2, 0.25) is 0 Å². The fourth-order valence-electron chi connectivity index (χ4n) is 1.68. The van der Waals surface area contributed by atoms with Gasteiger partial charge in [-0.05, 0) is 12.1 Å². The molecule has 1 aromatic rings. The Hall–Kier alpha value is -1.42. The molecule has 1 aromatic heterocycles. The van der Waals surface area contributed by atoms with E-state index in [9.17, 15) is 9.59 Å². The van der Waals surface area contributed by atoms with Crippen LogP contribution >= 0.6 is 11.6 Å². The van der Waals surface area contributed by atoms with Crippen LogP contribution in [0.5, 0.6) is 0 Å². The van der Waals surface area contributed by atoms with Crippen LogP contribution in [0, 0.1) is 0 Å². The van der Waals surface area contributed by atoms with Crippen LogP contribution in [-0.2, 0) is 4.79 Å². The molecular weight excluding hydrogens is 228 g/mol. The van der Waals surface area contributed by atoms with E-state index in [1.54, 1.807) is 23.2 Å². The molecule has 5 heteroatoms. The Morgan fingerprint density at radius 3 is 2.69 bits per heavy atom. The smallest absolute Gasteiger partial charge is 0.257 e. The molecule has 0 radical (unpaired) electrons. The maximum absolute atomic E-state index is 12.0. The van der Waals surface area contributed by atoms with Gasteiger partial charge >= 0.3 is 0 Å². The summed E-state index contributed by atoms with van der Waals surface area (Å²) in [5.41, 5.74) is 0.401. The Morgan fingerprint density at radius 1 is 1.38 bits per heavy atom. The molecule has 1 aliphatic rings. The summed E-state index contributed by atoms with van der Waals surface area (Å²) in [6.07, 6.45) is 2.41. The number of piperidine rings is 1. The molecule has 1 aliphatic heterocycles. The molecule has 0 unspecified atom stereocenters. The van der Waals surface area contributed by atoms with Crippen molar-refractivity contribution in [3.05, 3.63) is 29.0 Å². The maximum Gasteiger partial charge on any atom is 0.257 e. The van der Waals surface area contributed by atoms with Crippen molar-refractivity contribution >= 4 is 23.3 Å². The number of pyridine rings is 1. The van der Waals surface area contributed by atoms with Gasteiger partial charge in [0.05, 0.1) is 5.56 Å². The molecule has 16 heavy (non-hydrogen) atoms. The molecule has 0 bridgehead atoms. The van der Waals surface area contributed by atoms with Crippen molar-refractivity contribution in [1.29, 1.82) is 0 Å². The number of Topliss-reactive ketones (excluding diaryl/α,β-unsaturated/α-hetero) is 1. The lowest BCUT2D eigenvalue weighted by atomic mass is 10.1. The van der Waals surface area contributed by atoms with Gasteiger partial charge in [0.25, 0.3) is 5.91 Å². The molecule has 0 aliphatic carbocycles. The van der Waals surface area contributed by atoms with Crippen molar-refractivity contribution < 1.29 is 9.59 Å². The number of aromatic nitrogens is 1. The second-order valence-electron chi connectivity index (χ2n) is 3.67. The predicted octanol–water partition coefficient (Wildman–Crippen LogP) is 1.54. The van der Waals surface area contributed by atoms with Gasteiger partial charge in [0.15, 0.2) is 0 Å². The maximum atomic E-state index is 12.0. The van der Waals surface area contributed by atoms with Crippen LogP contribution in [-0.4, -0.2) is 34.7 Å². The number of hydrogen-bond donors (Lipinski definition) is 0. The first kappa shape index (κ1) is 11.1. The standard InChI is InChI=1S/C11H11ClN2O2/c12-10-9(2-1-5-13-10)11(16)14-6-3-8(15)4-7-14/h1-2,5H,3-4,6-7H2. The van der Waals surface area contributed by atoms with E-state index in [-0.39, 0.29) is 16.8 Å². The molecule has 1 fully saturated rings. The van der Waals surface area contributed by atoms with E-state index >= 15 is 0 Å². The van der Waals surface area contributed by atoms with E-state index in [1.165, 1.54) is 0 Å². The minimum Gasteiger partial charge on any atom is -0.338 e. The zero-order chi connectivity index (χ0) is 11.5. The number of halogens is 1. The van der Waals surface area contributed by atoms with Gasteiger partial charge in [-0.1, -0.05) is 11.6 Å². The molecule has 1 saturated heterocycles. The number of carbonyl (C=O) groups is 2. The zero-order valence-corrected chi connectivity index (χ0v) is 9.41. The monoisotopic (exact) mass is 238 g/mol. The Balaban J connectivity index is 2.14.